The minimum absolute atomic E-state index is 0.298. The second-order valence-electron chi connectivity index (χ2n) is 4.95. The van der Waals surface area contributed by atoms with Crippen LogP contribution >= 0.6 is 0 Å². The van der Waals surface area contributed by atoms with Crippen LogP contribution in [0.5, 0.6) is 0 Å². The zero-order valence-electron chi connectivity index (χ0n) is 10.7. The molecule has 6 nitrogen and oxygen atoms in total. The number of ether oxygens (including phenoxy) is 1. The van der Waals surface area contributed by atoms with Gasteiger partial charge in [0.15, 0.2) is 0 Å². The molecule has 96 valence electrons. The molecule has 0 fully saturated rings. The van der Waals surface area contributed by atoms with Crippen LogP contribution < -0.4 is 11.1 Å². The Morgan fingerprint density at radius 2 is 2.29 bits per heavy atom. The van der Waals surface area contributed by atoms with Crippen LogP contribution in [-0.4, -0.2) is 27.8 Å². The van der Waals surface area contributed by atoms with Gasteiger partial charge in [-0.05, 0) is 20.8 Å². The van der Waals surface area contributed by atoms with Crippen molar-refractivity contribution in [2.24, 2.45) is 12.8 Å². The van der Waals surface area contributed by atoms with E-state index in [4.69, 9.17) is 10.5 Å². The lowest BCUT2D eigenvalue weighted by Gasteiger charge is -2.20. The van der Waals surface area contributed by atoms with Crippen molar-refractivity contribution in [3.8, 4) is 0 Å². The Kier molecular flexibility index (Phi) is 4.11. The number of alkyl carbamates (subject to hydrolysis) is 1. The van der Waals surface area contributed by atoms with E-state index in [0.717, 1.165) is 5.69 Å². The third-order valence-corrected chi connectivity index (χ3v) is 1.97. The van der Waals surface area contributed by atoms with Crippen LogP contribution in [0, 0.1) is 0 Å². The predicted molar refractivity (Wildman–Crippen MR) is 64.4 cm³/mol. The molecular formula is C11H20N4O2. The van der Waals surface area contributed by atoms with E-state index < -0.39 is 11.7 Å². The number of carbonyl (C=O) groups excluding carboxylic acids is 1. The number of nitrogens with two attached hydrogens (primary N) is 1. The Morgan fingerprint density at radius 3 is 2.76 bits per heavy atom. The van der Waals surface area contributed by atoms with E-state index in [9.17, 15) is 4.79 Å². The first-order valence-corrected chi connectivity index (χ1v) is 5.48. The first kappa shape index (κ1) is 13.5. The van der Waals surface area contributed by atoms with Crippen LogP contribution in [0.3, 0.4) is 0 Å². The number of hydrogen-bond acceptors (Lipinski definition) is 4. The molecule has 1 amide bonds. The Balaban J connectivity index is 2.38. The number of nitrogens with zero attached hydrogens (tertiary/aromatic N) is 2. The first-order chi connectivity index (χ1) is 7.78. The van der Waals surface area contributed by atoms with Gasteiger partial charge in [0, 0.05) is 19.8 Å². The normalized spacial score (nSPS) is 13.2. The van der Waals surface area contributed by atoms with Gasteiger partial charge in [-0.15, -0.1) is 0 Å². The molecule has 1 atom stereocenters. The van der Waals surface area contributed by atoms with E-state index >= 15 is 0 Å². The Hall–Kier alpha value is -1.56. The molecule has 3 N–H and O–H groups in total. The summed E-state index contributed by atoms with van der Waals surface area (Å²) in [5.74, 6) is 0. The fraction of sp³-hybridized carbons (Fsp3) is 0.636. The van der Waals surface area contributed by atoms with Crippen LogP contribution in [0.2, 0.25) is 0 Å². The number of hydrogen-bond donors (Lipinski definition) is 2. The summed E-state index contributed by atoms with van der Waals surface area (Å²) >= 11 is 0. The number of carbonyl (C=O) groups is 1. The van der Waals surface area contributed by atoms with Gasteiger partial charge in [0.05, 0.1) is 18.1 Å². The van der Waals surface area contributed by atoms with Crippen LogP contribution in [0.15, 0.2) is 12.5 Å². The van der Waals surface area contributed by atoms with E-state index in [1.165, 1.54) is 0 Å². The summed E-state index contributed by atoms with van der Waals surface area (Å²) in [7, 11) is 1.87. The zero-order valence-corrected chi connectivity index (χ0v) is 10.7. The van der Waals surface area contributed by atoms with Gasteiger partial charge in [-0.3, -0.25) is 0 Å². The molecule has 1 aromatic rings. The van der Waals surface area contributed by atoms with Crippen LogP contribution in [-0.2, 0) is 11.8 Å². The maximum Gasteiger partial charge on any atom is 0.407 e. The predicted octanol–water partition coefficient (Wildman–Crippen LogP) is 0.945. The van der Waals surface area contributed by atoms with Gasteiger partial charge < -0.3 is 20.4 Å². The van der Waals surface area contributed by atoms with Crippen molar-refractivity contribution in [1.29, 1.82) is 0 Å². The Morgan fingerprint density at radius 1 is 1.65 bits per heavy atom. The number of aryl methyl sites for hydroxylation is 1. The standard InChI is InChI=1S/C11H20N4O2/c1-11(2,3)17-10(16)13-5-8(12)9-6-15(4)7-14-9/h6-8H,5,12H2,1-4H3,(H,13,16). The average molecular weight is 240 g/mol. The molecule has 0 aliphatic carbocycles. The molecule has 1 heterocycles. The summed E-state index contributed by atoms with van der Waals surface area (Å²) in [5.41, 5.74) is 6.11. The smallest absolute Gasteiger partial charge is 0.407 e. The van der Waals surface area contributed by atoms with E-state index in [2.05, 4.69) is 10.3 Å². The molecule has 0 saturated heterocycles. The van der Waals surface area contributed by atoms with E-state index in [0.29, 0.717) is 6.54 Å². The van der Waals surface area contributed by atoms with Crippen molar-refractivity contribution in [3.05, 3.63) is 18.2 Å². The minimum atomic E-state index is -0.501. The quantitative estimate of drug-likeness (QED) is 0.824. The molecule has 1 unspecified atom stereocenters. The molecule has 0 saturated carbocycles. The molecule has 0 aliphatic rings. The fourth-order valence-electron chi connectivity index (χ4n) is 1.24. The highest BCUT2D eigenvalue weighted by Crippen LogP contribution is 2.08. The van der Waals surface area contributed by atoms with Gasteiger partial charge in [0.2, 0.25) is 0 Å². The molecule has 1 aromatic heterocycles. The van der Waals surface area contributed by atoms with E-state index in [-0.39, 0.29) is 6.04 Å². The van der Waals surface area contributed by atoms with Crippen LogP contribution in [0.25, 0.3) is 0 Å². The number of amides is 1. The highest BCUT2D eigenvalue weighted by Gasteiger charge is 2.17. The molecular weight excluding hydrogens is 220 g/mol. The van der Waals surface area contributed by atoms with E-state index in [1.54, 1.807) is 6.33 Å². The Bertz CT molecular complexity index is 381. The molecule has 0 bridgehead atoms. The van der Waals surface area contributed by atoms with Gasteiger partial charge in [-0.1, -0.05) is 0 Å². The lowest BCUT2D eigenvalue weighted by molar-refractivity contribution is 0.0524. The lowest BCUT2D eigenvalue weighted by Crippen LogP contribution is -2.36. The SMILES string of the molecule is Cn1cnc(C(N)CNC(=O)OC(C)(C)C)c1. The Labute approximate surface area is 101 Å². The highest BCUT2D eigenvalue weighted by molar-refractivity contribution is 5.67. The van der Waals surface area contributed by atoms with Crippen molar-refractivity contribution in [2.75, 3.05) is 6.54 Å². The molecule has 0 aliphatic heterocycles. The minimum Gasteiger partial charge on any atom is -0.444 e. The summed E-state index contributed by atoms with van der Waals surface area (Å²) in [5, 5.41) is 2.61. The van der Waals surface area contributed by atoms with Crippen molar-refractivity contribution in [1.82, 2.24) is 14.9 Å². The van der Waals surface area contributed by atoms with Gasteiger partial charge in [0.1, 0.15) is 5.60 Å². The van der Waals surface area contributed by atoms with Gasteiger partial charge >= 0.3 is 6.09 Å². The molecule has 0 spiro atoms. The van der Waals surface area contributed by atoms with Crippen molar-refractivity contribution in [2.45, 2.75) is 32.4 Å². The fourth-order valence-corrected chi connectivity index (χ4v) is 1.24. The molecule has 0 radical (unpaired) electrons. The summed E-state index contributed by atoms with van der Waals surface area (Å²) < 4.78 is 6.91. The van der Waals surface area contributed by atoms with Gasteiger partial charge in [-0.25, -0.2) is 9.78 Å². The summed E-state index contributed by atoms with van der Waals surface area (Å²) in [6.07, 6.45) is 3.02. The molecule has 1 rings (SSSR count). The van der Waals surface area contributed by atoms with Crippen molar-refractivity contribution < 1.29 is 9.53 Å². The average Bonchev–Trinajstić information content (AvgIpc) is 2.58. The molecule has 6 heteroatoms. The largest absolute Gasteiger partial charge is 0.444 e. The van der Waals surface area contributed by atoms with E-state index in [1.807, 2.05) is 38.6 Å². The van der Waals surface area contributed by atoms with Gasteiger partial charge in [-0.2, -0.15) is 0 Å². The third-order valence-electron chi connectivity index (χ3n) is 1.97. The molecule has 0 aromatic carbocycles. The monoisotopic (exact) mass is 240 g/mol. The first-order valence-electron chi connectivity index (χ1n) is 5.48. The second kappa shape index (κ2) is 5.18. The van der Waals surface area contributed by atoms with Crippen molar-refractivity contribution in [3.63, 3.8) is 0 Å². The lowest BCUT2D eigenvalue weighted by atomic mass is 10.2. The number of imidazole rings is 1. The topological polar surface area (TPSA) is 82.2 Å². The number of aromatic nitrogens is 2. The van der Waals surface area contributed by atoms with Crippen molar-refractivity contribution >= 4 is 6.09 Å². The summed E-state index contributed by atoms with van der Waals surface area (Å²) in [6.45, 7) is 5.73. The van der Waals surface area contributed by atoms with Crippen LogP contribution in [0.1, 0.15) is 32.5 Å². The zero-order chi connectivity index (χ0) is 13.1. The second-order valence-corrected chi connectivity index (χ2v) is 4.95. The number of nitrogens with one attached hydrogen (secondary N) is 1. The summed E-state index contributed by atoms with van der Waals surface area (Å²) in [6, 6.07) is -0.330. The molecule has 17 heavy (non-hydrogen) atoms. The maximum absolute atomic E-state index is 11.4. The third kappa shape index (κ3) is 4.86. The van der Waals surface area contributed by atoms with Crippen LogP contribution in [0.4, 0.5) is 4.79 Å². The summed E-state index contributed by atoms with van der Waals surface area (Å²) in [4.78, 5) is 15.5. The maximum atomic E-state index is 11.4. The highest BCUT2D eigenvalue weighted by atomic mass is 16.6. The number of rotatable bonds is 3. The van der Waals surface area contributed by atoms with Gasteiger partial charge in [0.25, 0.3) is 0 Å².